The van der Waals surface area contributed by atoms with Crippen LogP contribution in [-0.4, -0.2) is 45.5 Å². The van der Waals surface area contributed by atoms with Crippen LogP contribution in [0, 0.1) is 0 Å². The lowest BCUT2D eigenvalue weighted by atomic mass is 10.2. The molecule has 0 radical (unpaired) electrons. The van der Waals surface area contributed by atoms with E-state index in [1.54, 1.807) is 42.5 Å². The van der Waals surface area contributed by atoms with Crippen molar-refractivity contribution in [1.82, 2.24) is 14.6 Å². The molecule has 1 heterocycles. The quantitative estimate of drug-likeness (QED) is 0.197. The summed E-state index contributed by atoms with van der Waals surface area (Å²) in [6, 6.07) is 17.3. The van der Waals surface area contributed by atoms with E-state index in [1.807, 2.05) is 18.2 Å². The van der Waals surface area contributed by atoms with Gasteiger partial charge < -0.3 is 19.1 Å². The Morgan fingerprint density at radius 3 is 2.28 bits per heavy atom. The second-order valence-corrected chi connectivity index (χ2v) is 10.4. The van der Waals surface area contributed by atoms with Gasteiger partial charge in [0.25, 0.3) is 5.56 Å². The maximum Gasteiger partial charge on any atom is 0.459 e. The molecular weight excluding hydrogens is 529 g/mol. The molecule has 3 aromatic rings. The number of carbonyl (C=O) groups is 1. The van der Waals surface area contributed by atoms with Gasteiger partial charge in [0.1, 0.15) is 30.7 Å². The van der Waals surface area contributed by atoms with E-state index in [2.05, 4.69) is 10.1 Å². The molecule has 0 aliphatic heterocycles. The molecule has 3 N–H and O–H groups in total. The Hall–Kier alpha value is -3.54. The molecule has 210 valence electrons. The number of aromatic amines is 1. The predicted molar refractivity (Wildman–Crippen MR) is 142 cm³/mol. The van der Waals surface area contributed by atoms with E-state index in [0.29, 0.717) is 0 Å². The summed E-state index contributed by atoms with van der Waals surface area (Å²) in [6.45, 7) is 3.99. The van der Waals surface area contributed by atoms with Crippen molar-refractivity contribution in [2.24, 2.45) is 0 Å². The summed E-state index contributed by atoms with van der Waals surface area (Å²) >= 11 is 0. The zero-order valence-corrected chi connectivity index (χ0v) is 22.7. The Morgan fingerprint density at radius 2 is 1.67 bits per heavy atom. The van der Waals surface area contributed by atoms with Gasteiger partial charge in [-0.3, -0.25) is 23.7 Å². The number of nitrogens with one attached hydrogen (secondary N) is 2. The van der Waals surface area contributed by atoms with Gasteiger partial charge in [-0.15, -0.1) is 0 Å². The van der Waals surface area contributed by atoms with Crippen LogP contribution in [0.4, 0.5) is 0 Å². The lowest BCUT2D eigenvalue weighted by Gasteiger charge is -2.28. The van der Waals surface area contributed by atoms with Crippen molar-refractivity contribution in [3.05, 3.63) is 99.3 Å². The van der Waals surface area contributed by atoms with Crippen molar-refractivity contribution >= 4 is 13.7 Å². The number of ether oxygens (including phenoxy) is 2. The molecule has 5 atom stereocenters. The number of H-pyrrole nitrogens is 1. The van der Waals surface area contributed by atoms with Crippen molar-refractivity contribution in [2.75, 3.05) is 6.61 Å². The van der Waals surface area contributed by atoms with Gasteiger partial charge in [0.2, 0.25) is 0 Å². The molecule has 13 heteroatoms. The highest BCUT2D eigenvalue weighted by molar-refractivity contribution is 7.52. The highest BCUT2D eigenvalue weighted by Gasteiger charge is 2.34. The van der Waals surface area contributed by atoms with Crippen molar-refractivity contribution < 1.29 is 33.0 Å². The highest BCUT2D eigenvalue weighted by atomic mass is 31.2. The molecule has 0 spiro atoms. The maximum absolute atomic E-state index is 13.8. The molecule has 0 saturated heterocycles. The number of hydrogen-bond donors (Lipinski definition) is 3. The number of para-hydroxylation sites is 1. The number of nitrogens with zero attached hydrogens (tertiary/aromatic N) is 1. The average molecular weight is 562 g/mol. The Labute approximate surface area is 225 Å². The number of esters is 1. The number of aliphatic hydroxyl groups is 1. The van der Waals surface area contributed by atoms with Gasteiger partial charge in [-0.2, -0.15) is 5.09 Å². The Balaban J connectivity index is 1.71. The minimum absolute atomic E-state index is 0.0242. The van der Waals surface area contributed by atoms with Gasteiger partial charge >= 0.3 is 19.4 Å². The van der Waals surface area contributed by atoms with Crippen LogP contribution in [0.1, 0.15) is 32.6 Å². The first-order valence-electron chi connectivity index (χ1n) is 12.2. The number of aromatic nitrogens is 2. The van der Waals surface area contributed by atoms with Crippen LogP contribution in [0.15, 0.2) is 82.5 Å². The third kappa shape index (κ3) is 9.31. The van der Waals surface area contributed by atoms with Crippen LogP contribution in [0.2, 0.25) is 0 Å². The van der Waals surface area contributed by atoms with Crippen LogP contribution in [0.5, 0.6) is 5.75 Å². The molecule has 0 aliphatic rings. The van der Waals surface area contributed by atoms with Gasteiger partial charge in [-0.25, -0.2) is 9.36 Å². The van der Waals surface area contributed by atoms with Crippen LogP contribution in [0.3, 0.4) is 0 Å². The van der Waals surface area contributed by atoms with E-state index in [4.69, 9.17) is 18.5 Å². The van der Waals surface area contributed by atoms with Gasteiger partial charge in [-0.1, -0.05) is 48.5 Å². The molecule has 1 unspecified atom stereocenters. The molecule has 3 rings (SSSR count). The second kappa shape index (κ2) is 14.0. The summed E-state index contributed by atoms with van der Waals surface area (Å²) in [5, 5.41) is 12.9. The molecule has 0 aliphatic carbocycles. The van der Waals surface area contributed by atoms with E-state index in [-0.39, 0.29) is 12.4 Å². The molecule has 39 heavy (non-hydrogen) atoms. The second-order valence-electron chi connectivity index (χ2n) is 8.67. The van der Waals surface area contributed by atoms with Crippen molar-refractivity contribution in [2.45, 2.75) is 51.9 Å². The summed E-state index contributed by atoms with van der Waals surface area (Å²) in [6.07, 6.45) is -1.87. The van der Waals surface area contributed by atoms with Crippen molar-refractivity contribution in [3.63, 3.8) is 0 Å². The predicted octanol–water partition coefficient (Wildman–Crippen LogP) is 2.75. The minimum Gasteiger partial charge on any atom is -0.460 e. The van der Waals surface area contributed by atoms with Gasteiger partial charge in [0.05, 0.1) is 12.7 Å². The van der Waals surface area contributed by atoms with Crippen LogP contribution < -0.4 is 20.9 Å². The lowest BCUT2D eigenvalue weighted by molar-refractivity contribution is -0.146. The minimum atomic E-state index is -4.23. The summed E-state index contributed by atoms with van der Waals surface area (Å²) in [4.78, 5) is 38.2. The fourth-order valence-corrected chi connectivity index (χ4v) is 4.85. The molecule has 0 amide bonds. The number of hydrogen-bond acceptors (Lipinski definition) is 9. The third-order valence-corrected chi connectivity index (χ3v) is 7.10. The summed E-state index contributed by atoms with van der Waals surface area (Å²) < 4.78 is 37.2. The molecular formula is C26H32N3O9P. The summed E-state index contributed by atoms with van der Waals surface area (Å²) in [5.74, 6) is -0.477. The van der Waals surface area contributed by atoms with Gasteiger partial charge in [0, 0.05) is 12.3 Å². The lowest BCUT2D eigenvalue weighted by Crippen LogP contribution is -2.39. The first kappa shape index (κ1) is 30.0. The first-order chi connectivity index (χ1) is 18.6. The number of carbonyl (C=O) groups excluding carboxylic acids is 1. The Kier molecular flexibility index (Phi) is 10.8. The van der Waals surface area contributed by atoms with Gasteiger partial charge in [-0.05, 0) is 38.5 Å². The fourth-order valence-electron chi connectivity index (χ4n) is 3.35. The van der Waals surface area contributed by atoms with E-state index in [9.17, 15) is 24.1 Å². The smallest absolute Gasteiger partial charge is 0.459 e. The fraction of sp³-hybridized carbons (Fsp3) is 0.346. The summed E-state index contributed by atoms with van der Waals surface area (Å²) in [5.41, 5.74) is -0.492. The molecule has 0 bridgehead atoms. The van der Waals surface area contributed by atoms with Gasteiger partial charge in [0.15, 0.2) is 0 Å². The molecule has 0 saturated carbocycles. The molecule has 2 aromatic carbocycles. The van der Waals surface area contributed by atoms with E-state index in [1.165, 1.54) is 27.0 Å². The summed E-state index contributed by atoms with van der Waals surface area (Å²) in [7, 11) is -4.23. The third-order valence-electron chi connectivity index (χ3n) is 5.46. The Morgan fingerprint density at radius 1 is 1.03 bits per heavy atom. The van der Waals surface area contributed by atoms with Crippen molar-refractivity contribution in [3.8, 4) is 5.75 Å². The van der Waals surface area contributed by atoms with E-state index in [0.717, 1.165) is 16.2 Å². The molecule has 1 aromatic heterocycles. The number of aliphatic hydroxyl groups excluding tert-OH is 1. The zero-order chi connectivity index (χ0) is 28.4. The zero-order valence-electron chi connectivity index (χ0n) is 21.8. The van der Waals surface area contributed by atoms with Crippen molar-refractivity contribution in [1.29, 1.82) is 0 Å². The maximum atomic E-state index is 13.8. The number of benzene rings is 2. The normalized spacial score (nSPS) is 15.9. The molecule has 12 nitrogen and oxygen atoms in total. The topological polar surface area (TPSA) is 158 Å². The van der Waals surface area contributed by atoms with Crippen LogP contribution in [0.25, 0.3) is 0 Å². The Bertz CT molecular complexity index is 1360. The van der Waals surface area contributed by atoms with E-state index < -0.39 is 56.0 Å². The van der Waals surface area contributed by atoms with Crippen LogP contribution >= 0.6 is 7.75 Å². The van der Waals surface area contributed by atoms with Crippen LogP contribution in [-0.2, 0) is 30.0 Å². The molecule has 0 fully saturated rings. The monoisotopic (exact) mass is 561 g/mol. The average Bonchev–Trinajstić information content (AvgIpc) is 2.90. The number of rotatable bonds is 14. The largest absolute Gasteiger partial charge is 0.460 e. The highest BCUT2D eigenvalue weighted by Crippen LogP contribution is 2.45. The first-order valence-corrected chi connectivity index (χ1v) is 13.7. The standard InChI is InChI=1S/C26H32N3O9P/c1-18(25(32)35-16-21-10-6-4-7-11-21)28-39(34,38-22-12-8-5-9-13-22)36-17-23(19(2)30)37-20(3)29-15-14-24(31)27-26(29)33/h4-15,18-20,23,30H,16-17H2,1-3H3,(H,28,34)(H,27,31,33)/t18-,19-,20+,23+,39?/m0/s1. The SMILES string of the molecule is C[C@H](NP(=O)(OC[C@@H](O[C@H](C)n1ccc(=O)[nH]c1=O)[C@H](C)O)Oc1ccccc1)C(=O)OCc1ccccc1. The van der Waals surface area contributed by atoms with E-state index >= 15 is 0 Å².